The van der Waals surface area contributed by atoms with Gasteiger partial charge in [0.05, 0.1) is 12.0 Å². The van der Waals surface area contributed by atoms with Crippen molar-refractivity contribution in [3.05, 3.63) is 35.4 Å². The molecule has 0 aliphatic heterocycles. The standard InChI is InChI=1S/C13H18O3/c1-8(2)12(14)11-6-4-10(5-7-11)9(3)13(15)16/h4-9,12,14H,1-3H3,(H,15,16). The lowest BCUT2D eigenvalue weighted by atomic mass is 9.95. The summed E-state index contributed by atoms with van der Waals surface area (Å²) in [6.45, 7) is 5.53. The van der Waals surface area contributed by atoms with Crippen LogP contribution in [0, 0.1) is 5.92 Å². The van der Waals surface area contributed by atoms with Gasteiger partial charge >= 0.3 is 5.97 Å². The predicted octanol–water partition coefficient (Wildman–Crippen LogP) is 2.56. The molecule has 2 N–H and O–H groups in total. The minimum Gasteiger partial charge on any atom is -0.481 e. The third-order valence-corrected chi connectivity index (χ3v) is 2.78. The average molecular weight is 222 g/mol. The highest BCUT2D eigenvalue weighted by molar-refractivity contribution is 5.75. The summed E-state index contributed by atoms with van der Waals surface area (Å²) >= 11 is 0. The molecule has 3 nitrogen and oxygen atoms in total. The Hall–Kier alpha value is -1.35. The highest BCUT2D eigenvalue weighted by Crippen LogP contribution is 2.23. The number of aliphatic hydroxyl groups is 1. The van der Waals surface area contributed by atoms with Gasteiger partial charge in [-0.1, -0.05) is 38.1 Å². The maximum absolute atomic E-state index is 10.8. The van der Waals surface area contributed by atoms with Gasteiger partial charge in [-0.05, 0) is 24.0 Å². The summed E-state index contributed by atoms with van der Waals surface area (Å²) in [6, 6.07) is 7.11. The van der Waals surface area contributed by atoms with Crippen LogP contribution in [0.1, 0.15) is 43.9 Å². The Labute approximate surface area is 95.7 Å². The minimum absolute atomic E-state index is 0.155. The number of carbonyl (C=O) groups is 1. The molecule has 1 rings (SSSR count). The first-order valence-electron chi connectivity index (χ1n) is 5.44. The SMILES string of the molecule is CC(C(=O)O)c1ccc(C(O)C(C)C)cc1. The van der Waals surface area contributed by atoms with Crippen molar-refractivity contribution >= 4 is 5.97 Å². The summed E-state index contributed by atoms with van der Waals surface area (Å²) in [5, 5.41) is 18.7. The summed E-state index contributed by atoms with van der Waals surface area (Å²) in [7, 11) is 0. The number of carboxylic acids is 1. The monoisotopic (exact) mass is 222 g/mol. The normalized spacial score (nSPS) is 14.8. The van der Waals surface area contributed by atoms with E-state index in [2.05, 4.69) is 0 Å². The first-order chi connectivity index (χ1) is 7.43. The smallest absolute Gasteiger partial charge is 0.310 e. The van der Waals surface area contributed by atoms with Gasteiger partial charge in [0.1, 0.15) is 0 Å². The molecule has 0 aliphatic rings. The van der Waals surface area contributed by atoms with Crippen LogP contribution in [0.15, 0.2) is 24.3 Å². The van der Waals surface area contributed by atoms with Crippen molar-refractivity contribution < 1.29 is 15.0 Å². The molecule has 3 heteroatoms. The van der Waals surface area contributed by atoms with Crippen LogP contribution in [0.4, 0.5) is 0 Å². The first kappa shape index (κ1) is 12.7. The Bertz CT molecular complexity index is 354. The molecule has 0 amide bonds. The van der Waals surface area contributed by atoms with E-state index in [-0.39, 0.29) is 5.92 Å². The van der Waals surface area contributed by atoms with Crippen LogP contribution in [-0.4, -0.2) is 16.2 Å². The first-order valence-corrected chi connectivity index (χ1v) is 5.44. The van der Waals surface area contributed by atoms with Gasteiger partial charge in [0, 0.05) is 0 Å². The van der Waals surface area contributed by atoms with Crippen molar-refractivity contribution in [1.29, 1.82) is 0 Å². The quantitative estimate of drug-likeness (QED) is 0.823. The molecule has 0 aliphatic carbocycles. The van der Waals surface area contributed by atoms with Crippen molar-refractivity contribution in [1.82, 2.24) is 0 Å². The van der Waals surface area contributed by atoms with Gasteiger partial charge in [-0.25, -0.2) is 0 Å². The fourth-order valence-electron chi connectivity index (χ4n) is 1.51. The Morgan fingerprint density at radius 3 is 1.88 bits per heavy atom. The predicted molar refractivity (Wildman–Crippen MR) is 62.3 cm³/mol. The van der Waals surface area contributed by atoms with Gasteiger partial charge in [-0.15, -0.1) is 0 Å². The van der Waals surface area contributed by atoms with Crippen LogP contribution in [0.5, 0.6) is 0 Å². The Balaban J connectivity index is 2.87. The van der Waals surface area contributed by atoms with E-state index in [1.54, 1.807) is 31.2 Å². The van der Waals surface area contributed by atoms with Crippen LogP contribution in [0.2, 0.25) is 0 Å². The lowest BCUT2D eigenvalue weighted by Crippen LogP contribution is -2.09. The van der Waals surface area contributed by atoms with E-state index in [0.717, 1.165) is 11.1 Å². The van der Waals surface area contributed by atoms with E-state index in [1.165, 1.54) is 0 Å². The molecule has 16 heavy (non-hydrogen) atoms. The van der Waals surface area contributed by atoms with E-state index in [1.807, 2.05) is 13.8 Å². The highest BCUT2D eigenvalue weighted by Gasteiger charge is 2.15. The second kappa shape index (κ2) is 5.12. The molecule has 0 fully saturated rings. The molecule has 0 saturated carbocycles. The molecule has 0 bridgehead atoms. The molecule has 0 radical (unpaired) electrons. The van der Waals surface area contributed by atoms with Gasteiger partial charge in [0.15, 0.2) is 0 Å². The van der Waals surface area contributed by atoms with Crippen molar-refractivity contribution in [2.45, 2.75) is 32.8 Å². The average Bonchev–Trinajstić information content (AvgIpc) is 2.27. The zero-order valence-corrected chi connectivity index (χ0v) is 9.84. The van der Waals surface area contributed by atoms with Crippen molar-refractivity contribution in [3.63, 3.8) is 0 Å². The number of hydrogen-bond donors (Lipinski definition) is 2. The van der Waals surface area contributed by atoms with Gasteiger partial charge in [0.25, 0.3) is 0 Å². The molecule has 0 spiro atoms. The second-order valence-electron chi connectivity index (χ2n) is 4.42. The van der Waals surface area contributed by atoms with Crippen molar-refractivity contribution in [3.8, 4) is 0 Å². The minimum atomic E-state index is -0.836. The molecule has 1 aromatic carbocycles. The number of hydrogen-bond acceptors (Lipinski definition) is 2. The zero-order valence-electron chi connectivity index (χ0n) is 9.84. The Morgan fingerprint density at radius 2 is 1.50 bits per heavy atom. The lowest BCUT2D eigenvalue weighted by molar-refractivity contribution is -0.138. The van der Waals surface area contributed by atoms with Crippen molar-refractivity contribution in [2.75, 3.05) is 0 Å². The molecule has 0 saturated heterocycles. The van der Waals surface area contributed by atoms with E-state index >= 15 is 0 Å². The van der Waals surface area contributed by atoms with Gasteiger partial charge < -0.3 is 10.2 Å². The van der Waals surface area contributed by atoms with Crippen LogP contribution in [-0.2, 0) is 4.79 Å². The molecule has 2 unspecified atom stereocenters. The molecular weight excluding hydrogens is 204 g/mol. The fraction of sp³-hybridized carbons (Fsp3) is 0.462. The number of rotatable bonds is 4. The topological polar surface area (TPSA) is 57.5 Å². The van der Waals surface area contributed by atoms with Gasteiger partial charge in [-0.2, -0.15) is 0 Å². The lowest BCUT2D eigenvalue weighted by Gasteiger charge is -2.15. The molecule has 0 heterocycles. The molecule has 0 aromatic heterocycles. The number of benzene rings is 1. The molecular formula is C13H18O3. The van der Waals surface area contributed by atoms with E-state index in [9.17, 15) is 9.90 Å². The van der Waals surface area contributed by atoms with Gasteiger partial charge in [-0.3, -0.25) is 4.79 Å². The van der Waals surface area contributed by atoms with Gasteiger partial charge in [0.2, 0.25) is 0 Å². The van der Waals surface area contributed by atoms with Crippen molar-refractivity contribution in [2.24, 2.45) is 5.92 Å². The molecule has 1 aromatic rings. The van der Waals surface area contributed by atoms with Crippen LogP contribution < -0.4 is 0 Å². The number of aliphatic carboxylic acids is 1. The van der Waals surface area contributed by atoms with E-state index in [4.69, 9.17) is 5.11 Å². The number of carboxylic acid groups (broad SMARTS) is 1. The summed E-state index contributed by atoms with van der Waals surface area (Å²) in [5.74, 6) is -1.19. The Morgan fingerprint density at radius 1 is 1.06 bits per heavy atom. The highest BCUT2D eigenvalue weighted by atomic mass is 16.4. The summed E-state index contributed by atoms with van der Waals surface area (Å²) in [5.41, 5.74) is 1.59. The fourth-order valence-corrected chi connectivity index (χ4v) is 1.51. The maximum Gasteiger partial charge on any atom is 0.310 e. The van der Waals surface area contributed by atoms with Crippen LogP contribution in [0.25, 0.3) is 0 Å². The summed E-state index contributed by atoms with van der Waals surface area (Å²) < 4.78 is 0. The van der Waals surface area contributed by atoms with E-state index in [0.29, 0.717) is 0 Å². The summed E-state index contributed by atoms with van der Waals surface area (Å²) in [4.78, 5) is 10.8. The molecule has 88 valence electrons. The molecule has 2 atom stereocenters. The number of aliphatic hydroxyl groups excluding tert-OH is 1. The second-order valence-corrected chi connectivity index (χ2v) is 4.42. The van der Waals surface area contributed by atoms with Crippen LogP contribution in [0.3, 0.4) is 0 Å². The summed E-state index contributed by atoms with van der Waals surface area (Å²) in [6.07, 6.45) is -0.491. The van der Waals surface area contributed by atoms with Crippen LogP contribution >= 0.6 is 0 Å². The van der Waals surface area contributed by atoms with E-state index < -0.39 is 18.0 Å². The third-order valence-electron chi connectivity index (χ3n) is 2.78. The third kappa shape index (κ3) is 2.83. The Kier molecular flexibility index (Phi) is 4.07. The zero-order chi connectivity index (χ0) is 12.3. The maximum atomic E-state index is 10.8. The largest absolute Gasteiger partial charge is 0.481 e.